The van der Waals surface area contributed by atoms with Crippen LogP contribution in [-0.2, 0) is 25.5 Å². The van der Waals surface area contributed by atoms with Gasteiger partial charge in [0.1, 0.15) is 5.76 Å². The Balaban J connectivity index is 1.32. The number of carbonyl (C=O) groups is 2. The minimum atomic E-state index is -2.04. The van der Waals surface area contributed by atoms with Crippen LogP contribution < -0.4 is 9.47 Å². The molecule has 4 heterocycles. The van der Waals surface area contributed by atoms with E-state index in [9.17, 15) is 19.8 Å². The van der Waals surface area contributed by atoms with Crippen LogP contribution in [0.3, 0.4) is 0 Å². The van der Waals surface area contributed by atoms with E-state index >= 15 is 0 Å². The summed E-state index contributed by atoms with van der Waals surface area (Å²) in [5, 5.41) is 22.3. The van der Waals surface area contributed by atoms with Crippen molar-refractivity contribution >= 4 is 23.6 Å². The van der Waals surface area contributed by atoms with Crippen molar-refractivity contribution in [1.82, 2.24) is 9.80 Å². The van der Waals surface area contributed by atoms with Crippen LogP contribution in [0.25, 0.3) is 0 Å². The molecule has 4 aliphatic heterocycles. The van der Waals surface area contributed by atoms with Crippen LogP contribution in [0.2, 0.25) is 0 Å². The minimum absolute atomic E-state index is 0.000111. The number of nitrogens with zero attached hydrogens (tertiary/aromatic N) is 2. The Bertz CT molecular complexity index is 1270. The maximum atomic E-state index is 14.2. The van der Waals surface area contributed by atoms with Crippen molar-refractivity contribution < 1.29 is 38.7 Å². The average Bonchev–Trinajstić information content (AvgIpc) is 3.66. The number of fused-ring (bicyclic) bond motifs is 3. The van der Waals surface area contributed by atoms with Gasteiger partial charge in [-0.15, -0.1) is 0 Å². The highest BCUT2D eigenvalue weighted by Crippen LogP contribution is 2.55. The van der Waals surface area contributed by atoms with Gasteiger partial charge >= 0.3 is 5.97 Å². The molecule has 4 atom stereocenters. The normalized spacial score (nSPS) is 27.8. The Morgan fingerprint density at radius 2 is 1.84 bits per heavy atom. The zero-order valence-electron chi connectivity index (χ0n) is 25.4. The molecule has 0 radical (unpaired) electrons. The van der Waals surface area contributed by atoms with E-state index < -0.39 is 28.8 Å². The lowest BCUT2D eigenvalue weighted by atomic mass is 9.77. The lowest BCUT2D eigenvalue weighted by Crippen LogP contribution is -2.50. The number of ether oxygens (including phenoxy) is 4. The van der Waals surface area contributed by atoms with Gasteiger partial charge in [-0.1, -0.05) is 0 Å². The first-order valence-corrected chi connectivity index (χ1v) is 16.6. The second kappa shape index (κ2) is 11.8. The molecule has 1 aromatic carbocycles. The highest BCUT2D eigenvalue weighted by molar-refractivity contribution is 7.99. The molecule has 2 fully saturated rings. The van der Waals surface area contributed by atoms with Crippen LogP contribution in [0.5, 0.6) is 11.5 Å². The summed E-state index contributed by atoms with van der Waals surface area (Å²) in [5.74, 6) is 2.23. The van der Waals surface area contributed by atoms with Gasteiger partial charge in [-0.3, -0.25) is 9.69 Å². The monoisotopic (exact) mass is 616 g/mol. The van der Waals surface area contributed by atoms with Crippen LogP contribution >= 0.6 is 11.8 Å². The molecular weight excluding hydrogens is 572 g/mol. The Labute approximate surface area is 257 Å². The molecule has 10 nitrogen and oxygen atoms in total. The Kier molecular flexibility index (Phi) is 8.38. The third kappa shape index (κ3) is 5.85. The Hall–Kier alpha value is -2.47. The largest absolute Gasteiger partial charge is 0.497 e. The molecule has 5 aliphatic rings. The van der Waals surface area contributed by atoms with Crippen LogP contribution in [-0.4, -0.2) is 106 Å². The number of aliphatic hydroxyl groups is 2. The van der Waals surface area contributed by atoms with Crippen molar-refractivity contribution in [3.8, 4) is 11.5 Å². The SMILES string of the molecule is COC1=C[C@]23CCCN2CCc2cc4c(cc2[C@@H]3[C@@H]1OC(=O)[C@@](O)(CCCC(C)(C)O)CC(=O)N1CCSCC1)OCO4. The molecule has 1 amide bonds. The van der Waals surface area contributed by atoms with Crippen LogP contribution in [0.1, 0.15) is 69.4 Å². The van der Waals surface area contributed by atoms with Crippen molar-refractivity contribution in [1.29, 1.82) is 0 Å². The summed E-state index contributed by atoms with van der Waals surface area (Å²) in [5.41, 5.74) is -1.27. The van der Waals surface area contributed by atoms with Gasteiger partial charge in [0.25, 0.3) is 0 Å². The first-order chi connectivity index (χ1) is 20.5. The number of amides is 1. The Morgan fingerprint density at radius 1 is 1.09 bits per heavy atom. The second-order valence-electron chi connectivity index (χ2n) is 13.2. The van der Waals surface area contributed by atoms with Crippen molar-refractivity contribution in [2.75, 3.05) is 51.6 Å². The topological polar surface area (TPSA) is 118 Å². The standard InChI is InChI=1S/C32H44N2O8S/c1-30(2,37)7-4-9-32(38,19-26(35)33-12-14-43-15-13-33)29(36)42-28-25(39-3)18-31-8-5-10-34(31)11-6-21-16-23-24(41-20-40-23)17-22(21)27(28)31/h16-18,27-28,37-38H,4-15,19-20H2,1-3H3/t27-,28-,31+,32-/m1/s1. The number of carbonyl (C=O) groups excluding carboxylic acids is 2. The number of esters is 1. The summed E-state index contributed by atoms with van der Waals surface area (Å²) in [4.78, 5) is 31.7. The lowest BCUT2D eigenvalue weighted by molar-refractivity contribution is -0.177. The summed E-state index contributed by atoms with van der Waals surface area (Å²) in [6.07, 6.45) is 4.39. The maximum Gasteiger partial charge on any atom is 0.339 e. The molecule has 0 unspecified atom stereocenters. The molecule has 1 aliphatic carbocycles. The smallest absolute Gasteiger partial charge is 0.339 e. The molecule has 43 heavy (non-hydrogen) atoms. The third-order valence-electron chi connectivity index (χ3n) is 9.76. The number of rotatable bonds is 9. The van der Waals surface area contributed by atoms with E-state index in [1.807, 2.05) is 12.1 Å². The first kappa shape index (κ1) is 30.6. The summed E-state index contributed by atoms with van der Waals surface area (Å²) < 4.78 is 23.7. The lowest BCUT2D eigenvalue weighted by Gasteiger charge is -2.40. The van der Waals surface area contributed by atoms with Crippen molar-refractivity contribution in [3.63, 3.8) is 0 Å². The molecule has 0 bridgehead atoms. The van der Waals surface area contributed by atoms with E-state index in [2.05, 4.69) is 11.0 Å². The van der Waals surface area contributed by atoms with Crippen LogP contribution in [0, 0.1) is 0 Å². The number of methoxy groups -OCH3 is 1. The van der Waals surface area contributed by atoms with E-state index in [1.165, 1.54) is 0 Å². The molecule has 1 spiro atoms. The molecule has 6 rings (SSSR count). The van der Waals surface area contributed by atoms with E-state index in [4.69, 9.17) is 18.9 Å². The highest BCUT2D eigenvalue weighted by Gasteiger charge is 2.59. The zero-order valence-corrected chi connectivity index (χ0v) is 26.2. The van der Waals surface area contributed by atoms with E-state index in [1.54, 1.807) is 37.6 Å². The summed E-state index contributed by atoms with van der Waals surface area (Å²) in [6.45, 7) is 6.50. The molecular formula is C32H44N2O8S. The highest BCUT2D eigenvalue weighted by atomic mass is 32.2. The van der Waals surface area contributed by atoms with Crippen molar-refractivity contribution in [2.45, 2.75) is 87.6 Å². The quantitative estimate of drug-likeness (QED) is 0.401. The van der Waals surface area contributed by atoms with Crippen LogP contribution in [0.4, 0.5) is 0 Å². The third-order valence-corrected chi connectivity index (χ3v) is 10.7. The van der Waals surface area contributed by atoms with E-state index in [-0.39, 0.29) is 31.5 Å². The van der Waals surface area contributed by atoms with Gasteiger partial charge in [0, 0.05) is 31.1 Å². The fourth-order valence-corrected chi connectivity index (χ4v) is 8.47. The van der Waals surface area contributed by atoms with Gasteiger partial charge in [-0.25, -0.2) is 4.79 Å². The number of benzene rings is 1. The molecule has 0 aromatic heterocycles. The zero-order chi connectivity index (χ0) is 30.4. The van der Waals surface area contributed by atoms with Gasteiger partial charge in [0.15, 0.2) is 23.2 Å². The summed E-state index contributed by atoms with van der Waals surface area (Å²) >= 11 is 1.79. The van der Waals surface area contributed by atoms with Crippen molar-refractivity contribution in [3.05, 3.63) is 35.1 Å². The summed E-state index contributed by atoms with van der Waals surface area (Å²) in [7, 11) is 1.59. The fraction of sp³-hybridized carbons (Fsp3) is 0.688. The molecule has 2 saturated heterocycles. The van der Waals surface area contributed by atoms with Gasteiger partial charge in [0.05, 0.1) is 30.6 Å². The minimum Gasteiger partial charge on any atom is -0.497 e. The average molecular weight is 617 g/mol. The molecule has 236 valence electrons. The maximum absolute atomic E-state index is 14.2. The van der Waals surface area contributed by atoms with E-state index in [0.717, 1.165) is 60.7 Å². The van der Waals surface area contributed by atoms with Crippen LogP contribution in [0.15, 0.2) is 24.0 Å². The molecule has 2 N–H and O–H groups in total. The first-order valence-electron chi connectivity index (χ1n) is 15.5. The van der Waals surface area contributed by atoms with Gasteiger partial charge in [-0.2, -0.15) is 11.8 Å². The van der Waals surface area contributed by atoms with Gasteiger partial charge in [-0.05, 0) is 88.3 Å². The Morgan fingerprint density at radius 3 is 2.56 bits per heavy atom. The van der Waals surface area contributed by atoms with Crippen molar-refractivity contribution in [2.24, 2.45) is 0 Å². The van der Waals surface area contributed by atoms with Gasteiger partial charge in [0.2, 0.25) is 12.7 Å². The predicted molar refractivity (Wildman–Crippen MR) is 161 cm³/mol. The summed E-state index contributed by atoms with van der Waals surface area (Å²) in [6, 6.07) is 4.06. The molecule has 11 heteroatoms. The molecule has 0 saturated carbocycles. The second-order valence-corrected chi connectivity index (χ2v) is 14.4. The number of thioether (sulfide) groups is 1. The van der Waals surface area contributed by atoms with E-state index in [0.29, 0.717) is 37.4 Å². The number of hydrogen-bond acceptors (Lipinski definition) is 10. The van der Waals surface area contributed by atoms with Gasteiger partial charge < -0.3 is 34.1 Å². The fourth-order valence-electron chi connectivity index (χ4n) is 7.57. The number of hydrogen-bond donors (Lipinski definition) is 2. The molecule has 1 aromatic rings. The predicted octanol–water partition coefficient (Wildman–Crippen LogP) is 2.98.